The summed E-state index contributed by atoms with van der Waals surface area (Å²) >= 11 is 0. The molecule has 5 aliphatic rings. The second-order valence-corrected chi connectivity index (χ2v) is 9.57. The maximum absolute atomic E-state index is 13.0. The summed E-state index contributed by atoms with van der Waals surface area (Å²) in [6.45, 7) is 0.899. The van der Waals surface area contributed by atoms with Crippen LogP contribution in [0.1, 0.15) is 50.5 Å². The third-order valence-electron chi connectivity index (χ3n) is 7.61. The first-order chi connectivity index (χ1) is 13.9. The number of hydrogen-bond donors (Lipinski definition) is 1. The maximum atomic E-state index is 13.0. The molecule has 0 spiro atoms. The number of anilines is 1. The topological polar surface area (TPSA) is 92.6 Å². The number of hydrogen-bond acceptors (Lipinski definition) is 4. The highest BCUT2D eigenvalue weighted by Gasteiger charge is 2.54. The van der Waals surface area contributed by atoms with E-state index in [9.17, 15) is 19.7 Å². The summed E-state index contributed by atoms with van der Waals surface area (Å²) < 4.78 is 0. The Kier molecular flexibility index (Phi) is 4.37. The first-order valence-corrected chi connectivity index (χ1v) is 10.8. The van der Waals surface area contributed by atoms with Gasteiger partial charge in [0, 0.05) is 42.7 Å². The van der Waals surface area contributed by atoms with Gasteiger partial charge in [0.25, 0.3) is 5.69 Å². The average Bonchev–Trinajstić information content (AvgIpc) is 3.10. The number of rotatable bonds is 5. The molecule has 29 heavy (non-hydrogen) atoms. The van der Waals surface area contributed by atoms with E-state index in [1.807, 2.05) is 0 Å². The number of non-ortho nitro benzene ring substituents is 1. The van der Waals surface area contributed by atoms with Crippen LogP contribution in [0.4, 0.5) is 11.4 Å². The highest BCUT2D eigenvalue weighted by atomic mass is 16.6. The van der Waals surface area contributed by atoms with Gasteiger partial charge in [-0.2, -0.15) is 0 Å². The lowest BCUT2D eigenvalue weighted by Gasteiger charge is -2.55. The molecular formula is C22H27N3O4. The number of nitro benzene ring substituents is 1. The van der Waals surface area contributed by atoms with E-state index >= 15 is 0 Å². The number of nitrogens with one attached hydrogen (secondary N) is 1. The molecule has 1 heterocycles. The van der Waals surface area contributed by atoms with Crippen molar-refractivity contribution in [2.45, 2.75) is 51.4 Å². The fourth-order valence-electron chi connectivity index (χ4n) is 6.75. The summed E-state index contributed by atoms with van der Waals surface area (Å²) in [7, 11) is 0. The second-order valence-electron chi connectivity index (χ2n) is 9.57. The van der Waals surface area contributed by atoms with Crippen LogP contribution in [-0.4, -0.2) is 29.8 Å². The van der Waals surface area contributed by atoms with Crippen molar-refractivity contribution in [3.63, 3.8) is 0 Å². The number of amides is 2. The van der Waals surface area contributed by atoms with Crippen molar-refractivity contribution in [1.29, 1.82) is 0 Å². The zero-order valence-electron chi connectivity index (χ0n) is 16.6. The first kappa shape index (κ1) is 18.6. The first-order valence-electron chi connectivity index (χ1n) is 10.8. The van der Waals surface area contributed by atoms with Crippen LogP contribution in [0.5, 0.6) is 0 Å². The molecule has 1 N–H and O–H groups in total. The number of carbonyl (C=O) groups excluding carboxylic acids is 2. The molecule has 4 saturated carbocycles. The van der Waals surface area contributed by atoms with Crippen LogP contribution in [0, 0.1) is 33.3 Å². The molecule has 1 aliphatic heterocycles. The van der Waals surface area contributed by atoms with Gasteiger partial charge in [-0.05, 0) is 74.3 Å². The molecule has 0 unspecified atom stereocenters. The molecule has 1 aromatic carbocycles. The minimum absolute atomic E-state index is 0.0385. The third-order valence-corrected chi connectivity index (χ3v) is 7.61. The van der Waals surface area contributed by atoms with Crippen LogP contribution in [0.25, 0.3) is 0 Å². The van der Waals surface area contributed by atoms with Gasteiger partial charge in [0.05, 0.1) is 4.92 Å². The molecule has 4 fully saturated rings. The van der Waals surface area contributed by atoms with Gasteiger partial charge in [0.15, 0.2) is 0 Å². The number of fused-ring (bicyclic) bond motifs is 1. The van der Waals surface area contributed by atoms with Crippen LogP contribution >= 0.6 is 0 Å². The van der Waals surface area contributed by atoms with E-state index in [2.05, 4.69) is 5.32 Å². The number of nitrogens with zero attached hydrogens (tertiary/aromatic N) is 2. The van der Waals surface area contributed by atoms with Crippen molar-refractivity contribution in [2.24, 2.45) is 23.2 Å². The Balaban J connectivity index is 1.18. The lowest BCUT2D eigenvalue weighted by molar-refractivity contribution is -0.384. The van der Waals surface area contributed by atoms with Gasteiger partial charge in [0.2, 0.25) is 11.8 Å². The van der Waals surface area contributed by atoms with Crippen molar-refractivity contribution in [3.05, 3.63) is 33.9 Å². The Labute approximate surface area is 170 Å². The van der Waals surface area contributed by atoms with E-state index in [-0.39, 0.29) is 29.3 Å². The van der Waals surface area contributed by atoms with Crippen LogP contribution in [0.15, 0.2) is 18.2 Å². The Morgan fingerprint density at radius 2 is 1.79 bits per heavy atom. The molecule has 0 radical (unpaired) electrons. The number of nitro groups is 1. The minimum Gasteiger partial charge on any atom is -0.355 e. The molecule has 4 bridgehead atoms. The molecule has 154 valence electrons. The zero-order valence-corrected chi connectivity index (χ0v) is 16.6. The maximum Gasteiger partial charge on any atom is 0.269 e. The van der Waals surface area contributed by atoms with E-state index in [0.717, 1.165) is 48.3 Å². The predicted molar refractivity (Wildman–Crippen MR) is 107 cm³/mol. The van der Waals surface area contributed by atoms with Crippen LogP contribution in [0.2, 0.25) is 0 Å². The average molecular weight is 397 g/mol. The fourth-order valence-corrected chi connectivity index (χ4v) is 6.75. The highest BCUT2D eigenvalue weighted by Crippen LogP contribution is 2.60. The SMILES string of the molecule is O=C(CCNC(=O)C12CC3CC(CC(C3)C1)C2)N1CCc2cc([N+](=O)[O-])ccc21. The normalized spacial score (nSPS) is 31.6. The van der Waals surface area contributed by atoms with Gasteiger partial charge in [0.1, 0.15) is 0 Å². The van der Waals surface area contributed by atoms with Crippen molar-refractivity contribution in [2.75, 3.05) is 18.0 Å². The van der Waals surface area contributed by atoms with Gasteiger partial charge in [-0.3, -0.25) is 19.7 Å². The third kappa shape index (κ3) is 3.20. The molecule has 7 heteroatoms. The van der Waals surface area contributed by atoms with Gasteiger partial charge in [-0.1, -0.05) is 0 Å². The second kappa shape index (κ2) is 6.82. The smallest absolute Gasteiger partial charge is 0.269 e. The van der Waals surface area contributed by atoms with Crippen LogP contribution in [-0.2, 0) is 16.0 Å². The Hall–Kier alpha value is -2.44. The summed E-state index contributed by atoms with van der Waals surface area (Å²) in [4.78, 5) is 37.9. The van der Waals surface area contributed by atoms with Gasteiger partial charge in [-0.15, -0.1) is 0 Å². The summed E-state index contributed by atoms with van der Waals surface area (Å²) in [5.74, 6) is 2.28. The molecule has 1 aromatic rings. The van der Waals surface area contributed by atoms with E-state index < -0.39 is 4.92 Å². The zero-order chi connectivity index (χ0) is 20.2. The Bertz CT molecular complexity index is 846. The van der Waals surface area contributed by atoms with E-state index in [4.69, 9.17) is 0 Å². The summed E-state index contributed by atoms with van der Waals surface area (Å²) in [6, 6.07) is 4.66. The lowest BCUT2D eigenvalue weighted by atomic mass is 9.49. The van der Waals surface area contributed by atoms with Crippen molar-refractivity contribution in [3.8, 4) is 0 Å². The molecule has 7 nitrogen and oxygen atoms in total. The van der Waals surface area contributed by atoms with E-state index in [0.29, 0.717) is 19.5 Å². The van der Waals surface area contributed by atoms with Crippen molar-refractivity contribution >= 4 is 23.2 Å². The summed E-state index contributed by atoms with van der Waals surface area (Å²) in [5.41, 5.74) is 1.47. The molecule has 0 aromatic heterocycles. The monoisotopic (exact) mass is 397 g/mol. The Morgan fingerprint density at radius 1 is 1.14 bits per heavy atom. The predicted octanol–water partition coefficient (Wildman–Crippen LogP) is 3.21. The van der Waals surface area contributed by atoms with Crippen molar-refractivity contribution in [1.82, 2.24) is 5.32 Å². The molecular weight excluding hydrogens is 370 g/mol. The largest absolute Gasteiger partial charge is 0.355 e. The van der Waals surface area contributed by atoms with E-state index in [1.54, 1.807) is 17.0 Å². The minimum atomic E-state index is -0.412. The fraction of sp³-hybridized carbons (Fsp3) is 0.636. The van der Waals surface area contributed by atoms with Crippen LogP contribution in [0.3, 0.4) is 0 Å². The standard InChI is InChI=1S/C22H27N3O4/c26-20(24-6-4-17-10-18(25(28)29)1-2-19(17)24)3-5-23-21(27)22-11-14-7-15(12-22)9-16(8-14)13-22/h1-2,10,14-16H,3-9,11-13H2,(H,23,27). The molecule has 4 aliphatic carbocycles. The molecule has 6 rings (SSSR count). The summed E-state index contributed by atoms with van der Waals surface area (Å²) in [5, 5.41) is 14.0. The summed E-state index contributed by atoms with van der Waals surface area (Å²) in [6.07, 6.45) is 7.87. The van der Waals surface area contributed by atoms with Gasteiger partial charge >= 0.3 is 0 Å². The molecule has 2 amide bonds. The Morgan fingerprint density at radius 3 is 2.41 bits per heavy atom. The molecule has 0 saturated heterocycles. The lowest BCUT2D eigenvalue weighted by Crippen LogP contribution is -2.53. The number of benzene rings is 1. The van der Waals surface area contributed by atoms with E-state index in [1.165, 1.54) is 25.3 Å². The molecule has 0 atom stereocenters. The highest BCUT2D eigenvalue weighted by molar-refractivity contribution is 5.96. The van der Waals surface area contributed by atoms with Crippen LogP contribution < -0.4 is 10.2 Å². The van der Waals surface area contributed by atoms with Gasteiger partial charge in [-0.25, -0.2) is 0 Å². The number of carbonyl (C=O) groups is 2. The van der Waals surface area contributed by atoms with Crippen molar-refractivity contribution < 1.29 is 14.5 Å². The van der Waals surface area contributed by atoms with Gasteiger partial charge < -0.3 is 10.2 Å². The quantitative estimate of drug-likeness (QED) is 0.610.